The molecule has 0 bridgehead atoms. The topological polar surface area (TPSA) is 58.9 Å². The first-order valence-corrected chi connectivity index (χ1v) is 11.7. The molecule has 0 aromatic heterocycles. The van der Waals surface area contributed by atoms with Crippen molar-refractivity contribution in [1.29, 1.82) is 0 Å². The number of unbranched alkanes of at least 4 members (excludes halogenated alkanes) is 1. The number of fused-ring (bicyclic) bond motifs is 5. The maximum absolute atomic E-state index is 14.8. The molecule has 1 aromatic rings. The Hall–Kier alpha value is -1.17. The number of benzene rings is 1. The van der Waals surface area contributed by atoms with Crippen LogP contribution in [-0.2, 0) is 11.2 Å². The van der Waals surface area contributed by atoms with Gasteiger partial charge in [0.1, 0.15) is 6.61 Å². The number of aliphatic hydroxyl groups is 2. The Labute approximate surface area is 179 Å². The highest BCUT2D eigenvalue weighted by atomic mass is 19.1. The molecule has 2 fully saturated rings. The SMILES string of the molecule is COCCOc1cc2c(cc1F)C1CC[C@@]3(C)C(CC[C@@]3(O)CCCCO)C1CC2. The molecule has 4 nitrogen and oxygen atoms in total. The number of ether oxygens (including phenoxy) is 2. The standard InChI is InChI=1S/C25H37FO4/c1-24-10-7-18-19(21(24)8-11-25(24,28)9-3-4-12-27)6-5-17-15-23(30-14-13-29-2)22(26)16-20(17)18/h15-16,18-19,21,27-28H,3-14H2,1-2H3/t18?,19?,21?,24-,25-/m0/s1. The van der Waals surface area contributed by atoms with Gasteiger partial charge in [-0.15, -0.1) is 0 Å². The van der Waals surface area contributed by atoms with E-state index in [0.717, 1.165) is 57.8 Å². The predicted molar refractivity (Wildman–Crippen MR) is 114 cm³/mol. The third-order valence-electron chi connectivity index (χ3n) is 8.64. The fourth-order valence-electron chi connectivity index (χ4n) is 6.97. The number of hydrogen-bond donors (Lipinski definition) is 2. The van der Waals surface area contributed by atoms with Crippen LogP contribution in [0.5, 0.6) is 5.75 Å². The van der Waals surface area contributed by atoms with Gasteiger partial charge in [0.25, 0.3) is 0 Å². The van der Waals surface area contributed by atoms with Gasteiger partial charge in [0.2, 0.25) is 0 Å². The van der Waals surface area contributed by atoms with Crippen molar-refractivity contribution < 1.29 is 24.1 Å². The minimum atomic E-state index is -0.623. The van der Waals surface area contributed by atoms with E-state index in [1.807, 2.05) is 6.07 Å². The van der Waals surface area contributed by atoms with E-state index in [1.165, 1.54) is 11.1 Å². The summed E-state index contributed by atoms with van der Waals surface area (Å²) in [6, 6.07) is 3.63. The Balaban J connectivity index is 1.53. The van der Waals surface area contributed by atoms with E-state index in [1.54, 1.807) is 13.2 Å². The zero-order valence-electron chi connectivity index (χ0n) is 18.5. The lowest BCUT2D eigenvalue weighted by Crippen LogP contribution is -2.50. The Bertz CT molecular complexity index is 753. The van der Waals surface area contributed by atoms with Crippen molar-refractivity contribution in [3.8, 4) is 5.75 Å². The van der Waals surface area contributed by atoms with E-state index in [-0.39, 0.29) is 17.8 Å². The first kappa shape index (κ1) is 22.0. The molecular formula is C25H37FO4. The van der Waals surface area contributed by atoms with Crippen LogP contribution in [0.1, 0.15) is 75.3 Å². The van der Waals surface area contributed by atoms with Crippen LogP contribution in [-0.4, -0.2) is 42.7 Å². The fraction of sp³-hybridized carbons (Fsp3) is 0.760. The molecule has 0 saturated heterocycles. The molecule has 30 heavy (non-hydrogen) atoms. The molecular weight excluding hydrogens is 383 g/mol. The van der Waals surface area contributed by atoms with Crippen LogP contribution >= 0.6 is 0 Å². The van der Waals surface area contributed by atoms with Crippen LogP contribution in [0.25, 0.3) is 0 Å². The van der Waals surface area contributed by atoms with E-state index >= 15 is 0 Å². The molecule has 168 valence electrons. The van der Waals surface area contributed by atoms with Gasteiger partial charge in [0.05, 0.1) is 12.2 Å². The van der Waals surface area contributed by atoms with Crippen LogP contribution in [0, 0.1) is 23.1 Å². The summed E-state index contributed by atoms with van der Waals surface area (Å²) in [7, 11) is 1.61. The Kier molecular flexibility index (Phi) is 6.43. The third-order valence-corrected chi connectivity index (χ3v) is 8.64. The maximum atomic E-state index is 14.8. The van der Waals surface area contributed by atoms with E-state index in [2.05, 4.69) is 6.92 Å². The van der Waals surface area contributed by atoms with Crippen molar-refractivity contribution in [2.24, 2.45) is 17.3 Å². The lowest BCUT2D eigenvalue weighted by molar-refractivity contribution is -0.108. The van der Waals surface area contributed by atoms with E-state index in [0.29, 0.717) is 36.7 Å². The second kappa shape index (κ2) is 8.76. The quantitative estimate of drug-likeness (QED) is 0.604. The molecule has 0 amide bonds. The van der Waals surface area contributed by atoms with Crippen molar-refractivity contribution in [1.82, 2.24) is 0 Å². The first-order chi connectivity index (χ1) is 14.4. The molecule has 3 aliphatic carbocycles. The van der Waals surface area contributed by atoms with Crippen molar-refractivity contribution in [3.63, 3.8) is 0 Å². The lowest BCUT2D eigenvalue weighted by atomic mass is 9.53. The van der Waals surface area contributed by atoms with Gasteiger partial charge < -0.3 is 19.7 Å². The predicted octanol–water partition coefficient (Wildman–Crippen LogP) is 4.60. The summed E-state index contributed by atoms with van der Waals surface area (Å²) in [5, 5.41) is 20.7. The molecule has 5 atom stereocenters. The third kappa shape index (κ3) is 3.67. The van der Waals surface area contributed by atoms with Crippen molar-refractivity contribution >= 4 is 0 Å². The highest BCUT2D eigenvalue weighted by Crippen LogP contribution is 2.65. The first-order valence-electron chi connectivity index (χ1n) is 11.7. The van der Waals surface area contributed by atoms with Crippen LogP contribution in [0.2, 0.25) is 0 Å². The molecule has 0 radical (unpaired) electrons. The minimum absolute atomic E-state index is 0.0666. The molecule has 3 unspecified atom stereocenters. The number of hydrogen-bond acceptors (Lipinski definition) is 4. The molecule has 2 saturated carbocycles. The van der Waals surface area contributed by atoms with Gasteiger partial charge in [0.15, 0.2) is 11.6 Å². The average molecular weight is 421 g/mol. The summed E-state index contributed by atoms with van der Waals surface area (Å²) in [6.45, 7) is 3.29. The number of aryl methyl sites for hydroxylation is 1. The number of aliphatic hydroxyl groups excluding tert-OH is 1. The zero-order valence-corrected chi connectivity index (χ0v) is 18.5. The largest absolute Gasteiger partial charge is 0.488 e. The number of rotatable bonds is 8. The Morgan fingerprint density at radius 1 is 1.13 bits per heavy atom. The maximum Gasteiger partial charge on any atom is 0.165 e. The second-order valence-electron chi connectivity index (χ2n) is 9.95. The molecule has 0 aliphatic heterocycles. The van der Waals surface area contributed by atoms with Gasteiger partial charge in [-0.25, -0.2) is 4.39 Å². The molecule has 4 rings (SSSR count). The Morgan fingerprint density at radius 2 is 1.97 bits per heavy atom. The smallest absolute Gasteiger partial charge is 0.165 e. The average Bonchev–Trinajstić information content (AvgIpc) is 3.00. The zero-order chi connectivity index (χ0) is 21.4. The summed E-state index contributed by atoms with van der Waals surface area (Å²) in [5.41, 5.74) is 1.70. The van der Waals surface area contributed by atoms with E-state index < -0.39 is 5.60 Å². The molecule has 0 spiro atoms. The fourth-order valence-corrected chi connectivity index (χ4v) is 6.97. The van der Waals surface area contributed by atoms with Crippen LogP contribution in [0.3, 0.4) is 0 Å². The number of methoxy groups -OCH3 is 1. The Morgan fingerprint density at radius 3 is 2.73 bits per heavy atom. The summed E-state index contributed by atoms with van der Waals surface area (Å²) in [5.74, 6) is 1.45. The molecule has 0 heterocycles. The lowest BCUT2D eigenvalue weighted by Gasteiger charge is -2.53. The minimum Gasteiger partial charge on any atom is -0.488 e. The highest BCUT2D eigenvalue weighted by Gasteiger charge is 2.61. The van der Waals surface area contributed by atoms with Gasteiger partial charge in [-0.05, 0) is 104 Å². The van der Waals surface area contributed by atoms with Gasteiger partial charge in [-0.3, -0.25) is 0 Å². The van der Waals surface area contributed by atoms with Crippen molar-refractivity contribution in [2.75, 3.05) is 26.9 Å². The van der Waals surface area contributed by atoms with Gasteiger partial charge >= 0.3 is 0 Å². The van der Waals surface area contributed by atoms with Crippen LogP contribution in [0.4, 0.5) is 4.39 Å². The van der Waals surface area contributed by atoms with Gasteiger partial charge in [0, 0.05) is 13.7 Å². The van der Waals surface area contributed by atoms with Crippen LogP contribution in [0.15, 0.2) is 12.1 Å². The summed E-state index contributed by atoms with van der Waals surface area (Å²) < 4.78 is 25.4. The van der Waals surface area contributed by atoms with Crippen molar-refractivity contribution in [2.45, 2.75) is 76.2 Å². The summed E-state index contributed by atoms with van der Waals surface area (Å²) >= 11 is 0. The molecule has 2 N–H and O–H groups in total. The van der Waals surface area contributed by atoms with Gasteiger partial charge in [-0.2, -0.15) is 0 Å². The van der Waals surface area contributed by atoms with E-state index in [4.69, 9.17) is 14.6 Å². The van der Waals surface area contributed by atoms with Crippen molar-refractivity contribution in [3.05, 3.63) is 29.1 Å². The normalized spacial score (nSPS) is 34.9. The second-order valence-corrected chi connectivity index (χ2v) is 9.95. The van der Waals surface area contributed by atoms with E-state index in [9.17, 15) is 9.50 Å². The molecule has 3 aliphatic rings. The summed E-state index contributed by atoms with van der Waals surface area (Å²) in [4.78, 5) is 0. The number of halogens is 1. The molecule has 1 aromatic carbocycles. The molecule has 5 heteroatoms. The summed E-state index contributed by atoms with van der Waals surface area (Å²) in [6.07, 6.45) is 8.39. The monoisotopic (exact) mass is 420 g/mol. The highest BCUT2D eigenvalue weighted by molar-refractivity contribution is 5.42. The van der Waals surface area contributed by atoms with Gasteiger partial charge in [-0.1, -0.05) is 6.92 Å². The van der Waals surface area contributed by atoms with Crippen LogP contribution < -0.4 is 4.74 Å².